The van der Waals surface area contributed by atoms with Crippen LogP contribution in [-0.2, 0) is 16.1 Å². The Kier molecular flexibility index (Phi) is 8.32. The molecule has 2 aliphatic rings. The predicted molar refractivity (Wildman–Crippen MR) is 130 cm³/mol. The largest absolute Gasteiger partial charge is 0.387 e. The van der Waals surface area contributed by atoms with Gasteiger partial charge in [-0.15, -0.1) is 0 Å². The molecule has 2 aromatic rings. The Bertz CT molecular complexity index is 936. The lowest BCUT2D eigenvalue weighted by Gasteiger charge is -2.37. The van der Waals surface area contributed by atoms with E-state index in [1.807, 2.05) is 54.6 Å². The number of ether oxygens (including phenoxy) is 1. The number of hydrogen-bond acceptors (Lipinski definition) is 5. The minimum atomic E-state index is -0.946. The molecule has 34 heavy (non-hydrogen) atoms. The van der Waals surface area contributed by atoms with Crippen molar-refractivity contribution < 1.29 is 19.4 Å². The molecule has 2 fully saturated rings. The molecular formula is C27H35N3O4. The van der Waals surface area contributed by atoms with Crippen LogP contribution in [0.3, 0.4) is 0 Å². The summed E-state index contributed by atoms with van der Waals surface area (Å²) in [6.07, 6.45) is 3.22. The van der Waals surface area contributed by atoms with E-state index >= 15 is 0 Å². The fourth-order valence-electron chi connectivity index (χ4n) is 4.78. The van der Waals surface area contributed by atoms with Gasteiger partial charge in [-0.05, 0) is 36.1 Å². The topological polar surface area (TPSA) is 90.9 Å². The molecule has 182 valence electrons. The van der Waals surface area contributed by atoms with Gasteiger partial charge in [-0.3, -0.25) is 14.5 Å². The first-order valence-electron chi connectivity index (χ1n) is 12.3. The number of hydrogen-bond donors (Lipinski definition) is 3. The number of nitrogens with zero attached hydrogens (tertiary/aromatic N) is 1. The van der Waals surface area contributed by atoms with E-state index in [-0.39, 0.29) is 18.4 Å². The van der Waals surface area contributed by atoms with Crippen LogP contribution in [-0.4, -0.2) is 60.2 Å². The van der Waals surface area contributed by atoms with Crippen molar-refractivity contribution in [1.29, 1.82) is 0 Å². The fourth-order valence-corrected chi connectivity index (χ4v) is 4.78. The Hall–Kier alpha value is -2.74. The zero-order valence-electron chi connectivity index (χ0n) is 19.7. The van der Waals surface area contributed by atoms with Crippen LogP contribution in [0.25, 0.3) is 0 Å². The van der Waals surface area contributed by atoms with Crippen molar-refractivity contribution in [3.8, 4) is 0 Å². The second-order valence-electron chi connectivity index (χ2n) is 9.32. The highest BCUT2D eigenvalue weighted by Gasteiger charge is 2.41. The summed E-state index contributed by atoms with van der Waals surface area (Å²) in [7, 11) is 0. The Morgan fingerprint density at radius 1 is 0.971 bits per heavy atom. The van der Waals surface area contributed by atoms with Gasteiger partial charge in [0.05, 0.1) is 19.3 Å². The first-order valence-corrected chi connectivity index (χ1v) is 12.3. The van der Waals surface area contributed by atoms with Crippen molar-refractivity contribution in [3.05, 3.63) is 71.3 Å². The zero-order valence-corrected chi connectivity index (χ0v) is 19.7. The van der Waals surface area contributed by atoms with E-state index < -0.39 is 11.6 Å². The lowest BCUT2D eigenvalue weighted by Crippen LogP contribution is -2.60. The van der Waals surface area contributed by atoms with Gasteiger partial charge in [0.1, 0.15) is 5.54 Å². The van der Waals surface area contributed by atoms with E-state index in [1.165, 1.54) is 0 Å². The summed E-state index contributed by atoms with van der Waals surface area (Å²) < 4.78 is 5.40. The average molecular weight is 466 g/mol. The SMILES string of the molecule is O=C(NC1(C(=O)NCC(O)c2ccccc2)CCCCC1)c1ccc(CN2CCOCC2)cc1. The van der Waals surface area contributed by atoms with Gasteiger partial charge in [-0.2, -0.15) is 0 Å². The van der Waals surface area contributed by atoms with Crippen molar-refractivity contribution >= 4 is 11.8 Å². The highest BCUT2D eigenvalue weighted by atomic mass is 16.5. The van der Waals surface area contributed by atoms with Crippen LogP contribution >= 0.6 is 0 Å². The van der Waals surface area contributed by atoms with Crippen LogP contribution in [0.15, 0.2) is 54.6 Å². The van der Waals surface area contributed by atoms with Gasteiger partial charge in [0, 0.05) is 31.7 Å². The van der Waals surface area contributed by atoms with E-state index in [4.69, 9.17) is 4.74 Å². The summed E-state index contributed by atoms with van der Waals surface area (Å²) in [5.74, 6) is -0.460. The standard InChI is InChI=1S/C27H35N3O4/c31-24(22-7-3-1-4-8-22)19-28-26(33)27(13-5-2-6-14-27)29-25(32)23-11-9-21(10-12-23)20-30-15-17-34-18-16-30/h1,3-4,7-12,24,31H,2,5-6,13-20H2,(H,28,33)(H,29,32). The van der Waals surface area contributed by atoms with Gasteiger partial charge >= 0.3 is 0 Å². The van der Waals surface area contributed by atoms with Gasteiger partial charge in [0.2, 0.25) is 5.91 Å². The molecule has 4 rings (SSSR count). The van der Waals surface area contributed by atoms with Crippen molar-refractivity contribution in [1.82, 2.24) is 15.5 Å². The van der Waals surface area contributed by atoms with Crippen molar-refractivity contribution in [2.24, 2.45) is 0 Å². The average Bonchev–Trinajstić information content (AvgIpc) is 2.89. The Morgan fingerprint density at radius 2 is 1.65 bits per heavy atom. The molecule has 1 saturated heterocycles. The molecule has 2 amide bonds. The van der Waals surface area contributed by atoms with Crippen molar-refractivity contribution in [3.63, 3.8) is 0 Å². The number of rotatable bonds is 8. The Morgan fingerprint density at radius 3 is 2.32 bits per heavy atom. The molecule has 7 nitrogen and oxygen atoms in total. The minimum absolute atomic E-state index is 0.108. The normalized spacial score (nSPS) is 19.2. The fraction of sp³-hybridized carbons (Fsp3) is 0.481. The van der Waals surface area contributed by atoms with Gasteiger partial charge in [0.15, 0.2) is 0 Å². The predicted octanol–water partition coefficient (Wildman–Crippen LogP) is 2.80. The molecule has 1 atom stereocenters. The van der Waals surface area contributed by atoms with Gasteiger partial charge in [-0.1, -0.05) is 61.7 Å². The second kappa shape index (κ2) is 11.6. The number of aliphatic hydroxyl groups is 1. The summed E-state index contributed by atoms with van der Waals surface area (Å²) in [5.41, 5.74) is 1.51. The maximum Gasteiger partial charge on any atom is 0.252 e. The molecule has 7 heteroatoms. The molecule has 0 spiro atoms. The van der Waals surface area contributed by atoms with Gasteiger partial charge < -0.3 is 20.5 Å². The number of carbonyl (C=O) groups is 2. The summed E-state index contributed by atoms with van der Waals surface area (Å²) >= 11 is 0. The molecule has 1 saturated carbocycles. The first-order chi connectivity index (χ1) is 16.6. The highest BCUT2D eigenvalue weighted by molar-refractivity contribution is 5.99. The Balaban J connectivity index is 1.37. The van der Waals surface area contributed by atoms with Crippen LogP contribution in [0.1, 0.15) is 59.7 Å². The molecular weight excluding hydrogens is 430 g/mol. The monoisotopic (exact) mass is 465 g/mol. The third-order valence-corrected chi connectivity index (χ3v) is 6.86. The number of amides is 2. The molecule has 1 aliphatic carbocycles. The minimum Gasteiger partial charge on any atom is -0.387 e. The van der Waals surface area contributed by atoms with E-state index in [0.717, 1.165) is 63.2 Å². The lowest BCUT2D eigenvalue weighted by atomic mass is 9.80. The van der Waals surface area contributed by atoms with E-state index in [9.17, 15) is 14.7 Å². The molecule has 1 unspecified atom stereocenters. The van der Waals surface area contributed by atoms with Crippen LogP contribution in [0.5, 0.6) is 0 Å². The maximum atomic E-state index is 13.2. The van der Waals surface area contributed by atoms with Crippen molar-refractivity contribution in [2.45, 2.75) is 50.3 Å². The van der Waals surface area contributed by atoms with Crippen LogP contribution in [0, 0.1) is 0 Å². The lowest BCUT2D eigenvalue weighted by molar-refractivity contribution is -0.129. The summed E-state index contributed by atoms with van der Waals surface area (Å²) in [4.78, 5) is 28.7. The first kappa shape index (κ1) is 24.4. The molecule has 2 aromatic carbocycles. The second-order valence-corrected chi connectivity index (χ2v) is 9.32. The van der Waals surface area contributed by atoms with Crippen LogP contribution in [0.2, 0.25) is 0 Å². The molecule has 0 aromatic heterocycles. The molecule has 1 aliphatic heterocycles. The van der Waals surface area contributed by atoms with Crippen LogP contribution < -0.4 is 10.6 Å². The van der Waals surface area contributed by atoms with E-state index in [1.54, 1.807) is 0 Å². The van der Waals surface area contributed by atoms with Crippen LogP contribution in [0.4, 0.5) is 0 Å². The number of benzene rings is 2. The highest BCUT2D eigenvalue weighted by Crippen LogP contribution is 2.29. The number of carbonyl (C=O) groups excluding carboxylic acids is 2. The molecule has 3 N–H and O–H groups in total. The van der Waals surface area contributed by atoms with Crippen molar-refractivity contribution in [2.75, 3.05) is 32.8 Å². The number of aliphatic hydroxyl groups excluding tert-OH is 1. The molecule has 0 radical (unpaired) electrons. The number of nitrogens with one attached hydrogen (secondary N) is 2. The number of morpholine rings is 1. The zero-order chi connectivity index (χ0) is 23.8. The molecule has 0 bridgehead atoms. The van der Waals surface area contributed by atoms with Gasteiger partial charge in [0.25, 0.3) is 5.91 Å². The maximum absolute atomic E-state index is 13.2. The van der Waals surface area contributed by atoms with E-state index in [2.05, 4.69) is 15.5 Å². The third kappa shape index (κ3) is 6.23. The quantitative estimate of drug-likeness (QED) is 0.558. The van der Waals surface area contributed by atoms with Gasteiger partial charge in [-0.25, -0.2) is 0 Å². The summed E-state index contributed by atoms with van der Waals surface area (Å²) in [5, 5.41) is 16.4. The smallest absolute Gasteiger partial charge is 0.252 e. The van der Waals surface area contributed by atoms with E-state index in [0.29, 0.717) is 18.4 Å². The summed E-state index contributed by atoms with van der Waals surface area (Å²) in [6, 6.07) is 16.9. The molecule has 1 heterocycles. The third-order valence-electron chi connectivity index (χ3n) is 6.86. The Labute approximate surface area is 201 Å². The summed E-state index contributed by atoms with van der Waals surface area (Å²) in [6.45, 7) is 4.29.